The Bertz CT molecular complexity index is 1220. The molecule has 0 unspecified atom stereocenters. The number of sulfonamides is 1. The second kappa shape index (κ2) is 7.77. The van der Waals surface area contributed by atoms with Gasteiger partial charge in [0.1, 0.15) is 5.82 Å². The van der Waals surface area contributed by atoms with Crippen molar-refractivity contribution in [3.8, 4) is 5.95 Å². The number of aromatic nitrogens is 4. The SMILES string of the molecule is CC(C)(C)c1cc(NC(=O)c2cccc(N3CCCS3(=O)=O)c2)n(-c2ncccn2)n1. The number of rotatable bonds is 4. The third kappa shape index (κ3) is 4.29. The summed E-state index contributed by atoms with van der Waals surface area (Å²) in [5, 5.41) is 7.46. The molecule has 3 aromatic rings. The maximum Gasteiger partial charge on any atom is 0.256 e. The first-order valence-corrected chi connectivity index (χ1v) is 11.6. The van der Waals surface area contributed by atoms with Crippen LogP contribution in [0.5, 0.6) is 0 Å². The Morgan fingerprint density at radius 3 is 2.48 bits per heavy atom. The molecule has 0 spiro atoms. The van der Waals surface area contributed by atoms with Crippen LogP contribution in [0.15, 0.2) is 48.8 Å². The van der Waals surface area contributed by atoms with Crippen molar-refractivity contribution in [2.24, 2.45) is 0 Å². The number of hydrogen-bond acceptors (Lipinski definition) is 6. The van der Waals surface area contributed by atoms with Crippen LogP contribution in [0.1, 0.15) is 43.2 Å². The first-order valence-electron chi connectivity index (χ1n) is 9.95. The van der Waals surface area contributed by atoms with Crippen molar-refractivity contribution in [2.45, 2.75) is 32.6 Å². The lowest BCUT2D eigenvalue weighted by Gasteiger charge is -2.17. The fraction of sp³-hybridized carbons (Fsp3) is 0.333. The molecule has 1 fully saturated rings. The molecule has 1 aliphatic rings. The van der Waals surface area contributed by atoms with Gasteiger partial charge in [-0.2, -0.15) is 9.78 Å². The van der Waals surface area contributed by atoms with Crippen LogP contribution in [-0.2, 0) is 15.4 Å². The van der Waals surface area contributed by atoms with Crippen molar-refractivity contribution in [1.82, 2.24) is 19.7 Å². The number of nitrogens with one attached hydrogen (secondary N) is 1. The van der Waals surface area contributed by atoms with E-state index in [1.54, 1.807) is 48.8 Å². The molecule has 1 saturated heterocycles. The molecule has 0 saturated carbocycles. The van der Waals surface area contributed by atoms with Crippen molar-refractivity contribution in [3.05, 3.63) is 60.0 Å². The third-order valence-electron chi connectivity index (χ3n) is 4.96. The Labute approximate surface area is 181 Å². The fourth-order valence-corrected chi connectivity index (χ4v) is 4.87. The molecule has 3 heterocycles. The van der Waals surface area contributed by atoms with Gasteiger partial charge in [-0.3, -0.25) is 9.10 Å². The van der Waals surface area contributed by atoms with Crippen molar-refractivity contribution in [2.75, 3.05) is 21.9 Å². The van der Waals surface area contributed by atoms with E-state index in [9.17, 15) is 13.2 Å². The molecule has 2 aromatic heterocycles. The van der Waals surface area contributed by atoms with Crippen LogP contribution in [0.3, 0.4) is 0 Å². The largest absolute Gasteiger partial charge is 0.306 e. The zero-order chi connectivity index (χ0) is 22.2. The topological polar surface area (TPSA) is 110 Å². The van der Waals surface area contributed by atoms with E-state index in [-0.39, 0.29) is 17.1 Å². The molecular weight excluding hydrogens is 416 g/mol. The molecule has 0 aliphatic carbocycles. The van der Waals surface area contributed by atoms with E-state index in [0.717, 1.165) is 5.69 Å². The standard InChI is InChI=1S/C21H24N6O3S/c1-21(2,3)17-14-18(27(25-17)20-22-9-5-10-23-20)24-19(28)15-7-4-8-16(13-15)26-11-6-12-31(26,29)30/h4-5,7-10,13-14H,6,11-12H2,1-3H3,(H,24,28). The van der Waals surface area contributed by atoms with E-state index in [2.05, 4.69) is 20.4 Å². The number of hydrogen-bond donors (Lipinski definition) is 1. The number of carbonyl (C=O) groups is 1. The average Bonchev–Trinajstić information content (AvgIpc) is 3.31. The van der Waals surface area contributed by atoms with E-state index < -0.39 is 10.0 Å². The minimum absolute atomic E-state index is 0.120. The number of amides is 1. The lowest BCUT2D eigenvalue weighted by Crippen LogP contribution is -2.25. The second-order valence-electron chi connectivity index (χ2n) is 8.37. The van der Waals surface area contributed by atoms with Gasteiger partial charge in [-0.1, -0.05) is 26.8 Å². The highest BCUT2D eigenvalue weighted by Crippen LogP contribution is 2.27. The van der Waals surface area contributed by atoms with Crippen molar-refractivity contribution in [1.29, 1.82) is 0 Å². The Morgan fingerprint density at radius 1 is 1.10 bits per heavy atom. The van der Waals surface area contributed by atoms with Gasteiger partial charge in [0, 0.05) is 36.0 Å². The Kier molecular flexibility index (Phi) is 5.26. The lowest BCUT2D eigenvalue weighted by molar-refractivity contribution is 0.102. The first kappa shape index (κ1) is 21.0. The summed E-state index contributed by atoms with van der Waals surface area (Å²) in [6.45, 7) is 6.49. The van der Waals surface area contributed by atoms with Gasteiger partial charge in [0.2, 0.25) is 10.0 Å². The monoisotopic (exact) mass is 440 g/mol. The predicted octanol–water partition coefficient (Wildman–Crippen LogP) is 2.75. The highest BCUT2D eigenvalue weighted by atomic mass is 32.2. The van der Waals surface area contributed by atoms with E-state index in [4.69, 9.17) is 0 Å². The van der Waals surface area contributed by atoms with Gasteiger partial charge in [-0.25, -0.2) is 18.4 Å². The highest BCUT2D eigenvalue weighted by Gasteiger charge is 2.29. The van der Waals surface area contributed by atoms with Gasteiger partial charge in [0.15, 0.2) is 0 Å². The predicted molar refractivity (Wildman–Crippen MR) is 118 cm³/mol. The zero-order valence-electron chi connectivity index (χ0n) is 17.6. The van der Waals surface area contributed by atoms with E-state index in [1.807, 2.05) is 20.8 Å². The van der Waals surface area contributed by atoms with Crippen molar-refractivity contribution >= 4 is 27.4 Å². The van der Waals surface area contributed by atoms with Crippen LogP contribution < -0.4 is 9.62 Å². The first-order chi connectivity index (χ1) is 14.6. The molecule has 1 N–H and O–H groups in total. The van der Waals surface area contributed by atoms with Gasteiger partial charge >= 0.3 is 0 Å². The average molecular weight is 441 g/mol. The van der Waals surface area contributed by atoms with Gasteiger partial charge < -0.3 is 5.32 Å². The highest BCUT2D eigenvalue weighted by molar-refractivity contribution is 7.93. The summed E-state index contributed by atoms with van der Waals surface area (Å²) in [7, 11) is -3.33. The number of benzene rings is 1. The second-order valence-corrected chi connectivity index (χ2v) is 10.4. The van der Waals surface area contributed by atoms with Gasteiger partial charge in [0.25, 0.3) is 11.9 Å². The molecule has 0 radical (unpaired) electrons. The summed E-state index contributed by atoms with van der Waals surface area (Å²) in [5.74, 6) is 0.511. The molecule has 9 nitrogen and oxygen atoms in total. The van der Waals surface area contributed by atoms with Gasteiger partial charge in [-0.05, 0) is 30.7 Å². The molecule has 10 heteroatoms. The summed E-state index contributed by atoms with van der Waals surface area (Å²) in [4.78, 5) is 21.5. The van der Waals surface area contributed by atoms with Crippen LogP contribution >= 0.6 is 0 Å². The molecule has 0 bridgehead atoms. The number of anilines is 2. The van der Waals surface area contributed by atoms with Crippen molar-refractivity contribution in [3.63, 3.8) is 0 Å². The molecule has 1 aliphatic heterocycles. The van der Waals surface area contributed by atoms with Crippen LogP contribution in [0, 0.1) is 0 Å². The normalized spacial score (nSPS) is 15.8. The molecular formula is C21H24N6O3S. The molecule has 1 aromatic carbocycles. The molecule has 4 rings (SSSR count). The summed E-state index contributed by atoms with van der Waals surface area (Å²) in [6, 6.07) is 10.1. The van der Waals surface area contributed by atoms with E-state index in [0.29, 0.717) is 36.0 Å². The lowest BCUT2D eigenvalue weighted by atomic mass is 9.92. The maximum absolute atomic E-state index is 13.0. The summed E-state index contributed by atoms with van der Waals surface area (Å²) < 4.78 is 27.3. The van der Waals surface area contributed by atoms with Crippen LogP contribution in [0.2, 0.25) is 0 Å². The zero-order valence-corrected chi connectivity index (χ0v) is 18.4. The fourth-order valence-electron chi connectivity index (χ4n) is 3.31. The minimum Gasteiger partial charge on any atom is -0.306 e. The summed E-state index contributed by atoms with van der Waals surface area (Å²) in [5.41, 5.74) is 1.36. The Morgan fingerprint density at radius 2 is 1.84 bits per heavy atom. The Hall–Kier alpha value is -3.27. The van der Waals surface area contributed by atoms with Crippen LogP contribution in [0.4, 0.5) is 11.5 Å². The quantitative estimate of drug-likeness (QED) is 0.668. The molecule has 162 valence electrons. The summed E-state index contributed by atoms with van der Waals surface area (Å²) >= 11 is 0. The van der Waals surface area contributed by atoms with Gasteiger partial charge in [0.05, 0.1) is 17.1 Å². The van der Waals surface area contributed by atoms with Crippen LogP contribution in [-0.4, -0.2) is 46.4 Å². The molecule has 31 heavy (non-hydrogen) atoms. The Balaban J connectivity index is 1.66. The van der Waals surface area contributed by atoms with Crippen LogP contribution in [0.25, 0.3) is 5.95 Å². The number of nitrogens with zero attached hydrogens (tertiary/aromatic N) is 5. The minimum atomic E-state index is -3.33. The smallest absolute Gasteiger partial charge is 0.256 e. The summed E-state index contributed by atoms with van der Waals surface area (Å²) in [6.07, 6.45) is 3.78. The maximum atomic E-state index is 13.0. The van der Waals surface area contributed by atoms with E-state index in [1.165, 1.54) is 8.99 Å². The van der Waals surface area contributed by atoms with E-state index >= 15 is 0 Å². The van der Waals surface area contributed by atoms with Gasteiger partial charge in [-0.15, -0.1) is 0 Å². The molecule has 0 atom stereocenters. The van der Waals surface area contributed by atoms with Crippen molar-refractivity contribution < 1.29 is 13.2 Å². The number of carbonyl (C=O) groups excluding carboxylic acids is 1. The third-order valence-corrected chi connectivity index (χ3v) is 6.83. The molecule has 1 amide bonds.